The molecule has 1 aliphatic rings. The molecule has 2 unspecified atom stereocenters. The summed E-state index contributed by atoms with van der Waals surface area (Å²) in [7, 11) is 0. The molecule has 1 N–H and O–H groups in total. The summed E-state index contributed by atoms with van der Waals surface area (Å²) in [5.74, 6) is -1.65. The van der Waals surface area contributed by atoms with Crippen LogP contribution in [0, 0.1) is 5.92 Å². The van der Waals surface area contributed by atoms with Gasteiger partial charge in [-0.3, -0.25) is 19.3 Å². The molecule has 1 aromatic rings. The van der Waals surface area contributed by atoms with E-state index >= 15 is 0 Å². The van der Waals surface area contributed by atoms with Gasteiger partial charge in [0.15, 0.2) is 0 Å². The van der Waals surface area contributed by atoms with Crippen LogP contribution in [0.5, 0.6) is 0 Å². The lowest BCUT2D eigenvalue weighted by Crippen LogP contribution is -2.39. The van der Waals surface area contributed by atoms with E-state index < -0.39 is 11.4 Å². The minimum absolute atomic E-state index is 0.0564. The Kier molecular flexibility index (Phi) is 4.11. The van der Waals surface area contributed by atoms with Crippen LogP contribution in [0.25, 0.3) is 0 Å². The molecule has 5 nitrogen and oxygen atoms in total. The van der Waals surface area contributed by atoms with Crippen LogP contribution in [-0.2, 0) is 19.8 Å². The van der Waals surface area contributed by atoms with E-state index in [-0.39, 0.29) is 37.1 Å². The Balaban J connectivity index is 2.19. The smallest absolute Gasteiger partial charge is 0.303 e. The molecule has 0 aliphatic carbocycles. The minimum atomic E-state index is -0.924. The maximum absolute atomic E-state index is 12.6. The van der Waals surface area contributed by atoms with Crippen LogP contribution in [0.3, 0.4) is 0 Å². The van der Waals surface area contributed by atoms with Crippen molar-refractivity contribution in [2.75, 3.05) is 6.54 Å². The van der Waals surface area contributed by atoms with Crippen LogP contribution >= 0.6 is 0 Å². The van der Waals surface area contributed by atoms with E-state index in [0.29, 0.717) is 0 Å². The number of likely N-dealkylation sites (tertiary alicyclic amines) is 1. The molecule has 2 atom stereocenters. The summed E-state index contributed by atoms with van der Waals surface area (Å²) < 4.78 is 0. The summed E-state index contributed by atoms with van der Waals surface area (Å²) >= 11 is 0. The maximum atomic E-state index is 12.6. The largest absolute Gasteiger partial charge is 0.481 e. The van der Waals surface area contributed by atoms with E-state index in [1.54, 1.807) is 13.8 Å². The molecule has 0 spiro atoms. The zero-order valence-corrected chi connectivity index (χ0v) is 12.2. The van der Waals surface area contributed by atoms with Crippen LogP contribution in [0.2, 0.25) is 0 Å². The number of hydrogen-bond acceptors (Lipinski definition) is 3. The molecule has 5 heteroatoms. The van der Waals surface area contributed by atoms with Crippen LogP contribution in [0.15, 0.2) is 30.3 Å². The number of hydrogen-bond donors (Lipinski definition) is 1. The predicted molar refractivity (Wildman–Crippen MR) is 76.5 cm³/mol. The maximum Gasteiger partial charge on any atom is 0.303 e. The minimum Gasteiger partial charge on any atom is -0.481 e. The van der Waals surface area contributed by atoms with Gasteiger partial charge in [0, 0.05) is 19.4 Å². The molecule has 0 saturated carbocycles. The molecule has 0 aromatic heterocycles. The zero-order valence-electron chi connectivity index (χ0n) is 12.2. The Labute approximate surface area is 123 Å². The molecule has 112 valence electrons. The number of imide groups is 1. The summed E-state index contributed by atoms with van der Waals surface area (Å²) in [4.78, 5) is 36.7. The third-order valence-electron chi connectivity index (χ3n) is 3.95. The Bertz CT molecular complexity index is 569. The third-order valence-corrected chi connectivity index (χ3v) is 3.95. The molecule has 1 heterocycles. The highest BCUT2D eigenvalue weighted by atomic mass is 16.4. The molecule has 21 heavy (non-hydrogen) atoms. The second kappa shape index (κ2) is 5.68. The average Bonchev–Trinajstić information content (AvgIpc) is 2.64. The summed E-state index contributed by atoms with van der Waals surface area (Å²) in [6.07, 6.45) is 0.0781. The van der Waals surface area contributed by atoms with Gasteiger partial charge in [0.05, 0.1) is 5.41 Å². The van der Waals surface area contributed by atoms with Crippen molar-refractivity contribution in [1.82, 2.24) is 4.90 Å². The van der Waals surface area contributed by atoms with Crippen molar-refractivity contribution in [3.63, 3.8) is 0 Å². The van der Waals surface area contributed by atoms with Crippen LogP contribution in [-0.4, -0.2) is 34.3 Å². The Morgan fingerprint density at radius 2 is 1.95 bits per heavy atom. The number of rotatable bonds is 5. The summed E-state index contributed by atoms with van der Waals surface area (Å²) in [6, 6.07) is 9.23. The fourth-order valence-electron chi connectivity index (χ4n) is 2.78. The van der Waals surface area contributed by atoms with Crippen LogP contribution < -0.4 is 0 Å². The highest BCUT2D eigenvalue weighted by Crippen LogP contribution is 2.36. The molecule has 1 fully saturated rings. The van der Waals surface area contributed by atoms with E-state index in [2.05, 4.69) is 0 Å². The molecule has 0 bridgehead atoms. The first-order chi connectivity index (χ1) is 9.84. The van der Waals surface area contributed by atoms with Gasteiger partial charge in [-0.25, -0.2) is 0 Å². The number of nitrogens with zero attached hydrogens (tertiary/aromatic N) is 1. The fourth-order valence-corrected chi connectivity index (χ4v) is 2.78. The quantitative estimate of drug-likeness (QED) is 0.839. The molecular formula is C16H19NO4. The Hall–Kier alpha value is -2.17. The number of carboxylic acid groups (broad SMARTS) is 1. The topological polar surface area (TPSA) is 74.7 Å². The van der Waals surface area contributed by atoms with E-state index in [1.807, 2.05) is 30.3 Å². The molecule has 2 amide bonds. The second-order valence-corrected chi connectivity index (χ2v) is 5.89. The van der Waals surface area contributed by atoms with Crippen molar-refractivity contribution in [2.45, 2.75) is 32.1 Å². The number of benzene rings is 1. The van der Waals surface area contributed by atoms with Gasteiger partial charge in [0.25, 0.3) is 0 Å². The van der Waals surface area contributed by atoms with Gasteiger partial charge < -0.3 is 5.11 Å². The highest BCUT2D eigenvalue weighted by Gasteiger charge is 2.49. The van der Waals surface area contributed by atoms with E-state index in [0.717, 1.165) is 5.56 Å². The van der Waals surface area contributed by atoms with Crippen molar-refractivity contribution in [1.29, 1.82) is 0 Å². The predicted octanol–water partition coefficient (Wildman–Crippen LogP) is 1.81. The first-order valence-corrected chi connectivity index (χ1v) is 6.96. The lowest BCUT2D eigenvalue weighted by atomic mass is 9.81. The van der Waals surface area contributed by atoms with E-state index in [9.17, 15) is 14.4 Å². The monoisotopic (exact) mass is 289 g/mol. The third kappa shape index (κ3) is 2.96. The molecule has 0 radical (unpaired) electrons. The number of amides is 2. The Morgan fingerprint density at radius 3 is 2.52 bits per heavy atom. The molecule has 1 aliphatic heterocycles. The number of carbonyl (C=O) groups excluding carboxylic acids is 2. The van der Waals surface area contributed by atoms with Gasteiger partial charge in [-0.15, -0.1) is 0 Å². The van der Waals surface area contributed by atoms with Gasteiger partial charge >= 0.3 is 5.97 Å². The van der Waals surface area contributed by atoms with Crippen molar-refractivity contribution in [3.8, 4) is 0 Å². The van der Waals surface area contributed by atoms with Crippen molar-refractivity contribution in [2.24, 2.45) is 5.92 Å². The number of aliphatic carboxylic acids is 1. The van der Waals surface area contributed by atoms with E-state index in [4.69, 9.17) is 5.11 Å². The summed E-state index contributed by atoms with van der Waals surface area (Å²) in [5.41, 5.74) is -0.0295. The first kappa shape index (κ1) is 15.2. The van der Waals surface area contributed by atoms with Crippen LogP contribution in [0.1, 0.15) is 32.3 Å². The molecule has 1 saturated heterocycles. The van der Waals surface area contributed by atoms with E-state index in [1.165, 1.54) is 4.90 Å². The van der Waals surface area contributed by atoms with Crippen molar-refractivity contribution < 1.29 is 19.5 Å². The average molecular weight is 289 g/mol. The number of carbonyl (C=O) groups is 3. The lowest BCUT2D eigenvalue weighted by Gasteiger charge is -2.24. The van der Waals surface area contributed by atoms with Gasteiger partial charge in [-0.05, 0) is 18.4 Å². The lowest BCUT2D eigenvalue weighted by molar-refractivity contribution is -0.143. The molecular weight excluding hydrogens is 270 g/mol. The first-order valence-electron chi connectivity index (χ1n) is 6.96. The number of carboxylic acids is 1. The molecule has 2 rings (SSSR count). The van der Waals surface area contributed by atoms with Gasteiger partial charge in [-0.1, -0.05) is 37.3 Å². The SMILES string of the molecule is CC(CC(=O)O)CN1C(=O)CC(C)(c2ccccc2)C1=O. The summed E-state index contributed by atoms with van der Waals surface area (Å²) in [5, 5.41) is 8.78. The Morgan fingerprint density at radius 1 is 1.33 bits per heavy atom. The summed E-state index contributed by atoms with van der Waals surface area (Å²) in [6.45, 7) is 3.66. The van der Waals surface area contributed by atoms with Crippen LogP contribution in [0.4, 0.5) is 0 Å². The standard InChI is InChI=1S/C16H19NO4/c1-11(8-14(19)20)10-17-13(18)9-16(2,15(17)21)12-6-4-3-5-7-12/h3-7,11H,8-10H2,1-2H3,(H,19,20). The normalized spacial score (nSPS) is 23.4. The van der Waals surface area contributed by atoms with Crippen molar-refractivity contribution in [3.05, 3.63) is 35.9 Å². The zero-order chi connectivity index (χ0) is 15.6. The van der Waals surface area contributed by atoms with Crippen molar-refractivity contribution >= 4 is 17.8 Å². The highest BCUT2D eigenvalue weighted by molar-refractivity contribution is 6.08. The second-order valence-electron chi connectivity index (χ2n) is 5.89. The van der Waals surface area contributed by atoms with Gasteiger partial charge in [0.1, 0.15) is 0 Å². The van der Waals surface area contributed by atoms with Gasteiger partial charge in [-0.2, -0.15) is 0 Å². The fraction of sp³-hybridized carbons (Fsp3) is 0.438. The molecule has 1 aromatic carbocycles. The van der Waals surface area contributed by atoms with Gasteiger partial charge in [0.2, 0.25) is 11.8 Å².